The number of rotatable bonds is 4. The van der Waals surface area contributed by atoms with Crippen molar-refractivity contribution in [1.82, 2.24) is 9.97 Å². The van der Waals surface area contributed by atoms with Crippen LogP contribution < -0.4 is 14.4 Å². The molecule has 0 aliphatic carbocycles. The van der Waals surface area contributed by atoms with Crippen molar-refractivity contribution in [3.05, 3.63) is 6.07 Å². The summed E-state index contributed by atoms with van der Waals surface area (Å²) in [6.07, 6.45) is 0.732. The molecule has 0 N–H and O–H groups in total. The largest absolute Gasteiger partial charge is 0.481 e. The van der Waals surface area contributed by atoms with Gasteiger partial charge in [-0.1, -0.05) is 0 Å². The lowest BCUT2D eigenvalue weighted by Crippen LogP contribution is -2.25. The van der Waals surface area contributed by atoms with Crippen molar-refractivity contribution in [2.45, 2.75) is 6.42 Å². The van der Waals surface area contributed by atoms with E-state index in [-0.39, 0.29) is 11.9 Å². The Morgan fingerprint density at radius 3 is 2.42 bits per heavy atom. The highest BCUT2D eigenvalue weighted by atomic mass is 16.5. The Kier molecular flexibility index (Phi) is 4.03. The summed E-state index contributed by atoms with van der Waals surface area (Å²) in [5.41, 5.74) is 0. The fourth-order valence-corrected chi connectivity index (χ4v) is 2.04. The van der Waals surface area contributed by atoms with Gasteiger partial charge in [-0.3, -0.25) is 4.79 Å². The summed E-state index contributed by atoms with van der Waals surface area (Å²) in [6.45, 7) is 1.25. The lowest BCUT2D eigenvalue weighted by Gasteiger charge is -2.17. The first kappa shape index (κ1) is 13.4. The Hall–Kier alpha value is -2.05. The third kappa shape index (κ3) is 2.86. The maximum Gasteiger partial charge on any atom is 0.310 e. The molecule has 7 heteroatoms. The third-order valence-electron chi connectivity index (χ3n) is 3.09. The van der Waals surface area contributed by atoms with Gasteiger partial charge in [-0.25, -0.2) is 0 Å². The molecule has 7 nitrogen and oxygen atoms in total. The first-order valence-electron chi connectivity index (χ1n) is 5.97. The molecule has 0 amide bonds. The van der Waals surface area contributed by atoms with Crippen molar-refractivity contribution >= 4 is 11.9 Å². The number of hydrogen-bond donors (Lipinski definition) is 0. The second-order valence-electron chi connectivity index (χ2n) is 4.21. The van der Waals surface area contributed by atoms with E-state index in [1.165, 1.54) is 21.3 Å². The van der Waals surface area contributed by atoms with Gasteiger partial charge in [-0.15, -0.1) is 0 Å². The standard InChI is InChI=1S/C12H17N3O4/c1-17-9-6-10(18-2)14-12(13-9)15-5-4-8(7-15)11(16)19-3/h6,8H,4-5,7H2,1-3H3. The molecule has 1 saturated heterocycles. The van der Waals surface area contributed by atoms with E-state index >= 15 is 0 Å². The molecule has 1 aromatic heterocycles. The van der Waals surface area contributed by atoms with Gasteiger partial charge in [-0.2, -0.15) is 9.97 Å². The Bertz CT molecular complexity index is 444. The fraction of sp³-hybridized carbons (Fsp3) is 0.583. The lowest BCUT2D eigenvalue weighted by molar-refractivity contribution is -0.144. The predicted molar refractivity (Wildman–Crippen MR) is 67.5 cm³/mol. The van der Waals surface area contributed by atoms with Gasteiger partial charge >= 0.3 is 5.97 Å². The van der Waals surface area contributed by atoms with Crippen LogP contribution in [-0.2, 0) is 9.53 Å². The summed E-state index contributed by atoms with van der Waals surface area (Å²) in [7, 11) is 4.47. The van der Waals surface area contributed by atoms with Gasteiger partial charge in [0, 0.05) is 13.1 Å². The summed E-state index contributed by atoms with van der Waals surface area (Å²) >= 11 is 0. The highest BCUT2D eigenvalue weighted by Gasteiger charge is 2.30. The summed E-state index contributed by atoms with van der Waals surface area (Å²) in [5.74, 6) is 1.04. The van der Waals surface area contributed by atoms with E-state index in [2.05, 4.69) is 9.97 Å². The molecule has 1 aromatic rings. The van der Waals surface area contributed by atoms with E-state index in [9.17, 15) is 4.79 Å². The number of anilines is 1. The second kappa shape index (κ2) is 5.73. The molecule has 2 heterocycles. The number of carbonyl (C=O) groups excluding carboxylic acids is 1. The van der Waals surface area contributed by atoms with Gasteiger partial charge in [0.05, 0.1) is 33.3 Å². The molecule has 0 aromatic carbocycles. The molecular weight excluding hydrogens is 250 g/mol. The minimum Gasteiger partial charge on any atom is -0.481 e. The average molecular weight is 267 g/mol. The normalized spacial score (nSPS) is 18.3. The lowest BCUT2D eigenvalue weighted by atomic mass is 10.1. The molecule has 1 aliphatic rings. The minimum absolute atomic E-state index is 0.134. The second-order valence-corrected chi connectivity index (χ2v) is 4.21. The number of methoxy groups -OCH3 is 3. The molecule has 1 atom stereocenters. The zero-order chi connectivity index (χ0) is 13.8. The Morgan fingerprint density at radius 2 is 1.89 bits per heavy atom. The Balaban J connectivity index is 2.16. The highest BCUT2D eigenvalue weighted by molar-refractivity contribution is 5.73. The van der Waals surface area contributed by atoms with Gasteiger partial charge in [0.15, 0.2) is 0 Å². The zero-order valence-corrected chi connectivity index (χ0v) is 11.3. The molecule has 0 saturated carbocycles. The van der Waals surface area contributed by atoms with E-state index in [0.29, 0.717) is 30.8 Å². The minimum atomic E-state index is -0.197. The monoisotopic (exact) mass is 267 g/mol. The summed E-state index contributed by atoms with van der Waals surface area (Å²) in [5, 5.41) is 0. The first-order valence-corrected chi connectivity index (χ1v) is 5.97. The molecule has 1 aliphatic heterocycles. The van der Waals surface area contributed by atoms with Gasteiger partial charge in [0.25, 0.3) is 0 Å². The molecule has 2 rings (SSSR count). The predicted octanol–water partition coefficient (Wildman–Crippen LogP) is 0.493. The molecule has 1 unspecified atom stereocenters. The maximum absolute atomic E-state index is 11.5. The van der Waals surface area contributed by atoms with Crippen LogP contribution in [0.25, 0.3) is 0 Å². The topological polar surface area (TPSA) is 73.8 Å². The molecule has 1 fully saturated rings. The van der Waals surface area contributed by atoms with Crippen LogP contribution >= 0.6 is 0 Å². The number of nitrogens with zero attached hydrogens (tertiary/aromatic N) is 3. The van der Waals surface area contributed by atoms with Gasteiger partial charge in [0.1, 0.15) is 0 Å². The van der Waals surface area contributed by atoms with E-state index in [1.54, 1.807) is 6.07 Å². The molecule has 104 valence electrons. The van der Waals surface area contributed by atoms with Crippen LogP contribution in [0.3, 0.4) is 0 Å². The highest BCUT2D eigenvalue weighted by Crippen LogP contribution is 2.25. The van der Waals surface area contributed by atoms with E-state index in [0.717, 1.165) is 6.42 Å². The van der Waals surface area contributed by atoms with Crippen LogP contribution in [0.2, 0.25) is 0 Å². The zero-order valence-electron chi connectivity index (χ0n) is 11.3. The van der Waals surface area contributed by atoms with Crippen molar-refractivity contribution in [3.8, 4) is 11.8 Å². The number of esters is 1. The van der Waals surface area contributed by atoms with E-state index in [1.807, 2.05) is 4.90 Å². The maximum atomic E-state index is 11.5. The molecular formula is C12H17N3O4. The summed E-state index contributed by atoms with van der Waals surface area (Å²) < 4.78 is 15.0. The number of carbonyl (C=O) groups is 1. The van der Waals surface area contributed by atoms with Crippen LogP contribution in [-0.4, -0.2) is 50.4 Å². The molecule has 19 heavy (non-hydrogen) atoms. The van der Waals surface area contributed by atoms with Crippen LogP contribution in [0.5, 0.6) is 11.8 Å². The average Bonchev–Trinajstić information content (AvgIpc) is 2.95. The van der Waals surface area contributed by atoms with Crippen molar-refractivity contribution in [2.75, 3.05) is 39.3 Å². The van der Waals surface area contributed by atoms with Crippen LogP contribution in [0, 0.1) is 5.92 Å². The Morgan fingerprint density at radius 1 is 1.26 bits per heavy atom. The summed E-state index contributed by atoms with van der Waals surface area (Å²) in [4.78, 5) is 21.9. The van der Waals surface area contributed by atoms with Crippen LogP contribution in [0.4, 0.5) is 5.95 Å². The van der Waals surface area contributed by atoms with Gasteiger partial charge < -0.3 is 19.1 Å². The van der Waals surface area contributed by atoms with Crippen LogP contribution in [0.15, 0.2) is 6.07 Å². The van der Waals surface area contributed by atoms with Crippen molar-refractivity contribution in [1.29, 1.82) is 0 Å². The van der Waals surface area contributed by atoms with E-state index < -0.39 is 0 Å². The van der Waals surface area contributed by atoms with Crippen molar-refractivity contribution in [3.63, 3.8) is 0 Å². The number of hydrogen-bond acceptors (Lipinski definition) is 7. The molecule has 0 bridgehead atoms. The third-order valence-corrected chi connectivity index (χ3v) is 3.09. The van der Waals surface area contributed by atoms with Crippen molar-refractivity contribution in [2.24, 2.45) is 5.92 Å². The number of ether oxygens (including phenoxy) is 3. The SMILES string of the molecule is COC(=O)C1CCN(c2nc(OC)cc(OC)n2)C1. The quantitative estimate of drug-likeness (QED) is 0.735. The molecule has 0 spiro atoms. The first-order chi connectivity index (χ1) is 9.17. The van der Waals surface area contributed by atoms with Gasteiger partial charge in [0.2, 0.25) is 17.7 Å². The van der Waals surface area contributed by atoms with Gasteiger partial charge in [-0.05, 0) is 6.42 Å². The Labute approximate surface area is 111 Å². The van der Waals surface area contributed by atoms with Crippen LogP contribution in [0.1, 0.15) is 6.42 Å². The van der Waals surface area contributed by atoms with E-state index in [4.69, 9.17) is 14.2 Å². The smallest absolute Gasteiger partial charge is 0.310 e. The molecule has 0 radical (unpaired) electrons. The summed E-state index contributed by atoms with van der Waals surface area (Å²) in [6, 6.07) is 1.61. The van der Waals surface area contributed by atoms with Crippen molar-refractivity contribution < 1.29 is 19.0 Å². The number of aromatic nitrogens is 2. The fourth-order valence-electron chi connectivity index (χ4n) is 2.04.